The van der Waals surface area contributed by atoms with Crippen molar-refractivity contribution >= 4 is 0 Å². The second-order valence-corrected chi connectivity index (χ2v) is 6.30. The Bertz CT molecular complexity index is 572. The second kappa shape index (κ2) is 7.42. The number of benzene rings is 2. The Balaban J connectivity index is 2.21. The molecule has 0 radical (unpaired) electrons. The number of nitrogens with one attached hydrogen (secondary N) is 1. The minimum absolute atomic E-state index is 0.522. The fourth-order valence-corrected chi connectivity index (χ4v) is 2.71. The Morgan fingerprint density at radius 1 is 0.952 bits per heavy atom. The largest absolute Gasteiger partial charge is 0.314 e. The summed E-state index contributed by atoms with van der Waals surface area (Å²) in [5, 5.41) is 3.60. The van der Waals surface area contributed by atoms with Crippen LogP contribution in [-0.2, 0) is 6.42 Å². The number of hydrogen-bond donors (Lipinski definition) is 1. The summed E-state index contributed by atoms with van der Waals surface area (Å²) in [7, 11) is 0. The molecule has 0 aromatic heterocycles. The lowest BCUT2D eigenvalue weighted by atomic mass is 9.89. The molecule has 0 aliphatic heterocycles. The Hall–Kier alpha value is -1.60. The molecule has 0 fully saturated rings. The SMILES string of the molecule is Cc1cccc(C(CNC(C)C)Cc2ccccc2C)c1. The third-order valence-corrected chi connectivity index (χ3v) is 4.01. The average Bonchev–Trinajstić information content (AvgIpc) is 2.45. The summed E-state index contributed by atoms with van der Waals surface area (Å²) >= 11 is 0. The molecule has 1 atom stereocenters. The highest BCUT2D eigenvalue weighted by molar-refractivity contribution is 5.31. The van der Waals surface area contributed by atoms with Crippen molar-refractivity contribution < 1.29 is 0 Å². The Labute approximate surface area is 129 Å². The second-order valence-electron chi connectivity index (χ2n) is 6.30. The molecule has 0 spiro atoms. The summed E-state index contributed by atoms with van der Waals surface area (Å²) in [6, 6.07) is 18.2. The molecule has 21 heavy (non-hydrogen) atoms. The summed E-state index contributed by atoms with van der Waals surface area (Å²) in [4.78, 5) is 0. The van der Waals surface area contributed by atoms with E-state index in [0.717, 1.165) is 13.0 Å². The van der Waals surface area contributed by atoms with E-state index in [2.05, 4.69) is 81.5 Å². The van der Waals surface area contributed by atoms with Crippen molar-refractivity contribution in [2.75, 3.05) is 6.54 Å². The monoisotopic (exact) mass is 281 g/mol. The zero-order valence-electron chi connectivity index (χ0n) is 13.7. The molecule has 0 aliphatic rings. The maximum atomic E-state index is 3.60. The molecular formula is C20H27N. The van der Waals surface area contributed by atoms with Gasteiger partial charge in [-0.25, -0.2) is 0 Å². The van der Waals surface area contributed by atoms with Crippen molar-refractivity contribution in [3.63, 3.8) is 0 Å². The van der Waals surface area contributed by atoms with Gasteiger partial charge >= 0.3 is 0 Å². The van der Waals surface area contributed by atoms with E-state index in [0.29, 0.717) is 12.0 Å². The minimum Gasteiger partial charge on any atom is -0.314 e. The summed E-state index contributed by atoms with van der Waals surface area (Å²) in [6.45, 7) is 9.82. The van der Waals surface area contributed by atoms with Gasteiger partial charge < -0.3 is 5.32 Å². The van der Waals surface area contributed by atoms with Gasteiger partial charge in [0.05, 0.1) is 0 Å². The quantitative estimate of drug-likeness (QED) is 0.814. The van der Waals surface area contributed by atoms with Crippen molar-refractivity contribution in [2.24, 2.45) is 0 Å². The highest BCUT2D eigenvalue weighted by atomic mass is 14.9. The smallest absolute Gasteiger partial charge is 0.00257 e. The summed E-state index contributed by atoms with van der Waals surface area (Å²) in [5.74, 6) is 0.522. The third kappa shape index (κ3) is 4.71. The van der Waals surface area contributed by atoms with Gasteiger partial charge in [0.15, 0.2) is 0 Å². The van der Waals surface area contributed by atoms with Crippen molar-refractivity contribution in [1.29, 1.82) is 0 Å². The van der Waals surface area contributed by atoms with Gasteiger partial charge in [-0.3, -0.25) is 0 Å². The van der Waals surface area contributed by atoms with Gasteiger partial charge in [-0.15, -0.1) is 0 Å². The molecule has 1 N–H and O–H groups in total. The molecule has 0 bridgehead atoms. The third-order valence-electron chi connectivity index (χ3n) is 4.01. The van der Waals surface area contributed by atoms with E-state index in [-0.39, 0.29) is 0 Å². The summed E-state index contributed by atoms with van der Waals surface area (Å²) < 4.78 is 0. The molecule has 0 heterocycles. The molecule has 1 heteroatoms. The predicted molar refractivity (Wildman–Crippen MR) is 91.9 cm³/mol. The molecule has 2 aromatic rings. The van der Waals surface area contributed by atoms with Crippen LogP contribution in [0.1, 0.15) is 42.0 Å². The van der Waals surface area contributed by atoms with Gasteiger partial charge in [0, 0.05) is 18.5 Å². The van der Waals surface area contributed by atoms with Crippen molar-refractivity contribution in [3.05, 3.63) is 70.8 Å². The zero-order chi connectivity index (χ0) is 15.2. The van der Waals surface area contributed by atoms with Gasteiger partial charge in [-0.2, -0.15) is 0 Å². The predicted octanol–water partition coefficient (Wildman–Crippen LogP) is 4.63. The summed E-state index contributed by atoms with van der Waals surface area (Å²) in [6.07, 6.45) is 1.09. The van der Waals surface area contributed by atoms with Gasteiger partial charge in [-0.05, 0) is 37.0 Å². The molecule has 1 unspecified atom stereocenters. The molecule has 0 aliphatic carbocycles. The van der Waals surface area contributed by atoms with Crippen molar-refractivity contribution in [1.82, 2.24) is 5.32 Å². The Kier molecular flexibility index (Phi) is 5.58. The van der Waals surface area contributed by atoms with Crippen LogP contribution in [0.2, 0.25) is 0 Å². The van der Waals surface area contributed by atoms with Crippen LogP contribution in [0.25, 0.3) is 0 Å². The van der Waals surface area contributed by atoms with Crippen LogP contribution >= 0.6 is 0 Å². The molecule has 1 nitrogen and oxygen atoms in total. The zero-order valence-corrected chi connectivity index (χ0v) is 13.7. The van der Waals surface area contributed by atoms with Gasteiger partial charge in [-0.1, -0.05) is 67.9 Å². The summed E-state index contributed by atoms with van der Waals surface area (Å²) in [5.41, 5.74) is 5.62. The van der Waals surface area contributed by atoms with E-state index in [1.54, 1.807) is 0 Å². The normalized spacial score (nSPS) is 12.6. The maximum Gasteiger partial charge on any atom is 0.00257 e. The van der Waals surface area contributed by atoms with Crippen molar-refractivity contribution in [2.45, 2.75) is 46.1 Å². The van der Waals surface area contributed by atoms with Crippen LogP contribution in [-0.4, -0.2) is 12.6 Å². The molecule has 0 saturated carbocycles. The molecule has 2 rings (SSSR count). The first-order valence-corrected chi connectivity index (χ1v) is 7.90. The van der Waals surface area contributed by atoms with E-state index >= 15 is 0 Å². The van der Waals surface area contributed by atoms with Crippen LogP contribution in [0.15, 0.2) is 48.5 Å². The topological polar surface area (TPSA) is 12.0 Å². The van der Waals surface area contributed by atoms with Crippen LogP contribution in [0.4, 0.5) is 0 Å². The van der Waals surface area contributed by atoms with E-state index < -0.39 is 0 Å². The van der Waals surface area contributed by atoms with Crippen LogP contribution in [0, 0.1) is 13.8 Å². The lowest BCUT2D eigenvalue weighted by molar-refractivity contribution is 0.526. The van der Waals surface area contributed by atoms with Crippen molar-refractivity contribution in [3.8, 4) is 0 Å². The number of aryl methyl sites for hydroxylation is 2. The first-order valence-electron chi connectivity index (χ1n) is 7.90. The Morgan fingerprint density at radius 3 is 2.38 bits per heavy atom. The highest BCUT2D eigenvalue weighted by Gasteiger charge is 2.14. The molecule has 0 amide bonds. The standard InChI is InChI=1S/C20H27N/c1-15(2)21-14-20(19-11-7-8-16(3)12-19)13-18-10-6-5-9-17(18)4/h5-12,15,20-21H,13-14H2,1-4H3. The first-order chi connectivity index (χ1) is 10.1. The van der Waals surface area contributed by atoms with E-state index in [1.165, 1.54) is 22.3 Å². The first kappa shape index (κ1) is 15.8. The fourth-order valence-electron chi connectivity index (χ4n) is 2.71. The molecule has 0 saturated heterocycles. The highest BCUT2D eigenvalue weighted by Crippen LogP contribution is 2.23. The van der Waals surface area contributed by atoms with Gasteiger partial charge in [0.2, 0.25) is 0 Å². The minimum atomic E-state index is 0.522. The van der Waals surface area contributed by atoms with Crippen LogP contribution in [0.5, 0.6) is 0 Å². The van der Waals surface area contributed by atoms with Gasteiger partial charge in [0.1, 0.15) is 0 Å². The van der Waals surface area contributed by atoms with Crippen LogP contribution in [0.3, 0.4) is 0 Å². The number of rotatable bonds is 6. The van der Waals surface area contributed by atoms with Crippen LogP contribution < -0.4 is 5.32 Å². The van der Waals surface area contributed by atoms with E-state index in [1.807, 2.05) is 0 Å². The lowest BCUT2D eigenvalue weighted by Gasteiger charge is -2.21. The molecular weight excluding hydrogens is 254 g/mol. The fraction of sp³-hybridized carbons (Fsp3) is 0.400. The van der Waals surface area contributed by atoms with E-state index in [9.17, 15) is 0 Å². The van der Waals surface area contributed by atoms with Gasteiger partial charge in [0.25, 0.3) is 0 Å². The maximum absolute atomic E-state index is 3.60. The van der Waals surface area contributed by atoms with E-state index in [4.69, 9.17) is 0 Å². The number of hydrogen-bond acceptors (Lipinski definition) is 1. The Morgan fingerprint density at radius 2 is 1.71 bits per heavy atom. The lowest BCUT2D eigenvalue weighted by Crippen LogP contribution is -2.29. The molecule has 2 aromatic carbocycles. The average molecular weight is 281 g/mol. The molecule has 112 valence electrons.